The van der Waals surface area contributed by atoms with Gasteiger partial charge in [0.05, 0.1) is 0 Å². The number of ether oxygens (including phenoxy) is 1. The third kappa shape index (κ3) is 3.45. The highest BCUT2D eigenvalue weighted by Crippen LogP contribution is 2.17. The van der Waals surface area contributed by atoms with Crippen LogP contribution in [0.5, 0.6) is 0 Å². The van der Waals surface area contributed by atoms with Gasteiger partial charge >= 0.3 is 5.97 Å². The largest absolute Gasteiger partial charge is 0.460 e. The molecule has 0 aromatic heterocycles. The summed E-state index contributed by atoms with van der Waals surface area (Å²) >= 11 is 0. The first kappa shape index (κ1) is 13.8. The maximum atomic E-state index is 12.0. The van der Waals surface area contributed by atoms with E-state index in [-0.39, 0.29) is 6.61 Å². The van der Waals surface area contributed by atoms with Crippen LogP contribution in [0.15, 0.2) is 60.7 Å². The lowest BCUT2D eigenvalue weighted by Gasteiger charge is -2.13. The molecule has 20 heavy (non-hydrogen) atoms. The van der Waals surface area contributed by atoms with Crippen molar-refractivity contribution in [1.29, 1.82) is 0 Å². The third-order valence-corrected chi connectivity index (χ3v) is 2.88. The van der Waals surface area contributed by atoms with E-state index in [1.54, 1.807) is 30.3 Å². The van der Waals surface area contributed by atoms with E-state index in [1.165, 1.54) is 0 Å². The SMILES string of the molecule is NC(=O)C(C(=O)OCc1ccccc1)c1ccccc1. The first-order chi connectivity index (χ1) is 9.68. The topological polar surface area (TPSA) is 69.4 Å². The Bertz CT molecular complexity index is 581. The molecule has 0 saturated heterocycles. The lowest BCUT2D eigenvalue weighted by atomic mass is 9.99. The number of esters is 1. The Morgan fingerprint density at radius 1 is 0.950 bits per heavy atom. The van der Waals surface area contributed by atoms with Crippen LogP contribution in [-0.4, -0.2) is 11.9 Å². The van der Waals surface area contributed by atoms with Crippen LogP contribution >= 0.6 is 0 Å². The summed E-state index contributed by atoms with van der Waals surface area (Å²) in [5.41, 5.74) is 6.70. The molecular formula is C16H15NO3. The fourth-order valence-electron chi connectivity index (χ4n) is 1.87. The lowest BCUT2D eigenvalue weighted by Crippen LogP contribution is -2.29. The molecule has 4 heteroatoms. The minimum absolute atomic E-state index is 0.121. The monoisotopic (exact) mass is 269 g/mol. The molecular weight excluding hydrogens is 254 g/mol. The third-order valence-electron chi connectivity index (χ3n) is 2.88. The summed E-state index contributed by atoms with van der Waals surface area (Å²) in [7, 11) is 0. The van der Waals surface area contributed by atoms with Crippen LogP contribution in [0.2, 0.25) is 0 Å². The number of hydrogen-bond acceptors (Lipinski definition) is 3. The summed E-state index contributed by atoms with van der Waals surface area (Å²) in [6.45, 7) is 0.121. The Morgan fingerprint density at radius 2 is 1.50 bits per heavy atom. The van der Waals surface area contributed by atoms with Gasteiger partial charge in [-0.05, 0) is 11.1 Å². The molecule has 2 aromatic carbocycles. The lowest BCUT2D eigenvalue weighted by molar-refractivity contribution is -0.149. The van der Waals surface area contributed by atoms with Crippen LogP contribution in [-0.2, 0) is 20.9 Å². The highest BCUT2D eigenvalue weighted by Gasteiger charge is 2.27. The van der Waals surface area contributed by atoms with Gasteiger partial charge in [0.2, 0.25) is 5.91 Å². The standard InChI is InChI=1S/C16H15NO3/c17-15(18)14(13-9-5-2-6-10-13)16(19)20-11-12-7-3-1-4-8-12/h1-10,14H,11H2,(H2,17,18). The molecule has 2 N–H and O–H groups in total. The zero-order chi connectivity index (χ0) is 14.4. The van der Waals surface area contributed by atoms with E-state index < -0.39 is 17.8 Å². The second-order valence-electron chi connectivity index (χ2n) is 4.34. The van der Waals surface area contributed by atoms with Gasteiger partial charge in [-0.15, -0.1) is 0 Å². The van der Waals surface area contributed by atoms with E-state index in [2.05, 4.69) is 0 Å². The number of carbonyl (C=O) groups is 2. The summed E-state index contributed by atoms with van der Waals surface area (Å²) in [6.07, 6.45) is 0. The maximum Gasteiger partial charge on any atom is 0.323 e. The number of rotatable bonds is 5. The van der Waals surface area contributed by atoms with Crippen LogP contribution in [0.25, 0.3) is 0 Å². The number of nitrogens with two attached hydrogens (primary N) is 1. The van der Waals surface area contributed by atoms with Gasteiger partial charge in [0.15, 0.2) is 5.92 Å². The van der Waals surface area contributed by atoms with Gasteiger partial charge in [-0.3, -0.25) is 9.59 Å². The number of primary amides is 1. The van der Waals surface area contributed by atoms with Crippen LogP contribution in [0.3, 0.4) is 0 Å². The second kappa shape index (κ2) is 6.52. The van der Waals surface area contributed by atoms with Crippen molar-refractivity contribution in [3.63, 3.8) is 0 Å². The van der Waals surface area contributed by atoms with Gasteiger partial charge in [-0.2, -0.15) is 0 Å². The number of amides is 1. The Kier molecular flexibility index (Phi) is 4.50. The highest BCUT2D eigenvalue weighted by atomic mass is 16.5. The van der Waals surface area contributed by atoms with E-state index >= 15 is 0 Å². The van der Waals surface area contributed by atoms with Gasteiger partial charge in [0.25, 0.3) is 0 Å². The average molecular weight is 269 g/mol. The minimum atomic E-state index is -1.07. The van der Waals surface area contributed by atoms with E-state index in [1.807, 2.05) is 30.3 Å². The van der Waals surface area contributed by atoms with Crippen molar-refractivity contribution >= 4 is 11.9 Å². The van der Waals surface area contributed by atoms with E-state index in [0.29, 0.717) is 5.56 Å². The molecule has 0 aliphatic carbocycles. The predicted octanol–water partition coefficient (Wildman–Crippen LogP) is 2.00. The van der Waals surface area contributed by atoms with Crippen LogP contribution in [0.1, 0.15) is 17.0 Å². The fraction of sp³-hybridized carbons (Fsp3) is 0.125. The second-order valence-corrected chi connectivity index (χ2v) is 4.34. The predicted molar refractivity (Wildman–Crippen MR) is 74.6 cm³/mol. The number of benzene rings is 2. The van der Waals surface area contributed by atoms with Crippen molar-refractivity contribution in [2.75, 3.05) is 0 Å². The zero-order valence-electron chi connectivity index (χ0n) is 10.9. The van der Waals surface area contributed by atoms with E-state index in [0.717, 1.165) is 5.56 Å². The van der Waals surface area contributed by atoms with Crippen molar-refractivity contribution in [2.45, 2.75) is 12.5 Å². The van der Waals surface area contributed by atoms with Gasteiger partial charge in [0.1, 0.15) is 6.61 Å². The summed E-state index contributed by atoms with van der Waals surface area (Å²) in [4.78, 5) is 23.5. The average Bonchev–Trinajstić information content (AvgIpc) is 2.47. The quantitative estimate of drug-likeness (QED) is 0.666. The van der Waals surface area contributed by atoms with E-state index in [9.17, 15) is 9.59 Å². The normalized spacial score (nSPS) is 11.6. The summed E-state index contributed by atoms with van der Waals surface area (Å²) < 4.78 is 5.17. The van der Waals surface area contributed by atoms with Crippen molar-refractivity contribution in [3.05, 3.63) is 71.8 Å². The molecule has 1 unspecified atom stereocenters. The fourth-order valence-corrected chi connectivity index (χ4v) is 1.87. The molecule has 0 fully saturated rings. The Morgan fingerprint density at radius 3 is 2.05 bits per heavy atom. The Labute approximate surface area is 117 Å². The van der Waals surface area contributed by atoms with Crippen molar-refractivity contribution in [3.8, 4) is 0 Å². The molecule has 2 aromatic rings. The minimum Gasteiger partial charge on any atom is -0.460 e. The number of carbonyl (C=O) groups excluding carboxylic acids is 2. The van der Waals surface area contributed by atoms with Crippen LogP contribution < -0.4 is 5.73 Å². The molecule has 0 saturated carbocycles. The maximum absolute atomic E-state index is 12.0. The van der Waals surface area contributed by atoms with Crippen LogP contribution in [0, 0.1) is 0 Å². The zero-order valence-corrected chi connectivity index (χ0v) is 10.9. The molecule has 0 aliphatic heterocycles. The van der Waals surface area contributed by atoms with Gasteiger partial charge in [-0.1, -0.05) is 60.7 Å². The highest BCUT2D eigenvalue weighted by molar-refractivity contribution is 6.02. The summed E-state index contributed by atoms with van der Waals surface area (Å²) in [5.74, 6) is -2.42. The van der Waals surface area contributed by atoms with Crippen molar-refractivity contribution in [2.24, 2.45) is 5.73 Å². The summed E-state index contributed by atoms with van der Waals surface area (Å²) in [6, 6.07) is 17.9. The van der Waals surface area contributed by atoms with Crippen LogP contribution in [0.4, 0.5) is 0 Å². The molecule has 0 bridgehead atoms. The van der Waals surface area contributed by atoms with E-state index in [4.69, 9.17) is 10.5 Å². The molecule has 0 spiro atoms. The molecule has 4 nitrogen and oxygen atoms in total. The summed E-state index contributed by atoms with van der Waals surface area (Å²) in [5, 5.41) is 0. The Balaban J connectivity index is 2.07. The van der Waals surface area contributed by atoms with Crippen molar-refractivity contribution < 1.29 is 14.3 Å². The molecule has 0 heterocycles. The van der Waals surface area contributed by atoms with Crippen molar-refractivity contribution in [1.82, 2.24) is 0 Å². The Hall–Kier alpha value is -2.62. The van der Waals surface area contributed by atoms with Gasteiger partial charge in [-0.25, -0.2) is 0 Å². The molecule has 0 radical (unpaired) electrons. The molecule has 1 atom stereocenters. The molecule has 102 valence electrons. The van der Waals surface area contributed by atoms with Gasteiger partial charge < -0.3 is 10.5 Å². The molecule has 0 aliphatic rings. The van der Waals surface area contributed by atoms with Gasteiger partial charge in [0, 0.05) is 0 Å². The molecule has 1 amide bonds. The number of hydrogen-bond donors (Lipinski definition) is 1. The first-order valence-electron chi connectivity index (χ1n) is 6.23. The molecule has 2 rings (SSSR count). The first-order valence-corrected chi connectivity index (χ1v) is 6.23. The smallest absolute Gasteiger partial charge is 0.323 e.